The Balaban J connectivity index is 0.000000137. The smallest absolute Gasteiger partial charge is 0.0541 e. The third-order valence-electron chi connectivity index (χ3n) is 24.2. The lowest BCUT2D eigenvalue weighted by Gasteiger charge is -2.19. The minimum absolute atomic E-state index is 1.15. The van der Waals surface area contributed by atoms with Crippen molar-refractivity contribution in [1.82, 2.24) is 18.3 Å². The molecule has 0 aliphatic carbocycles. The van der Waals surface area contributed by atoms with Crippen LogP contribution in [0.25, 0.3) is 220 Å². The first-order chi connectivity index (χ1) is 57.6. The van der Waals surface area contributed by atoms with E-state index in [-0.39, 0.29) is 0 Å². The predicted octanol–water partition coefficient (Wildman–Crippen LogP) is 30.4. The summed E-state index contributed by atoms with van der Waals surface area (Å²) in [5, 5.41) is 20.0. The van der Waals surface area contributed by atoms with Gasteiger partial charge in [0.2, 0.25) is 0 Å². The minimum Gasteiger partial charge on any atom is -0.309 e. The molecule has 20 aromatic carbocycles. The van der Waals surface area contributed by atoms with E-state index in [0.717, 1.165) is 11.4 Å². The second-order valence-electron chi connectivity index (χ2n) is 30.5. The molecule has 0 fully saturated rings. The lowest BCUT2D eigenvalue weighted by atomic mass is 9.84. The largest absolute Gasteiger partial charge is 0.309 e. The molecule has 0 aliphatic rings. The second-order valence-corrected chi connectivity index (χ2v) is 30.5. The van der Waals surface area contributed by atoms with Gasteiger partial charge in [-0.25, -0.2) is 0 Å². The fourth-order valence-corrected chi connectivity index (χ4v) is 19.1. The average molecular weight is 1470 g/mol. The Labute approximate surface area is 670 Å². The number of fused-ring (bicyclic) bond motifs is 16. The van der Waals surface area contributed by atoms with Crippen LogP contribution in [0.2, 0.25) is 0 Å². The van der Waals surface area contributed by atoms with Crippen LogP contribution in [-0.4, -0.2) is 18.3 Å². The maximum atomic E-state index is 2.43. The van der Waals surface area contributed by atoms with E-state index in [4.69, 9.17) is 0 Å². The fraction of sp³-hybridized carbons (Fsp3) is 0. The van der Waals surface area contributed by atoms with Crippen molar-refractivity contribution in [3.05, 3.63) is 437 Å². The Bertz CT molecular complexity index is 7970. The van der Waals surface area contributed by atoms with Gasteiger partial charge in [0.05, 0.1) is 44.1 Å². The first-order valence-electron chi connectivity index (χ1n) is 40.0. The van der Waals surface area contributed by atoms with Gasteiger partial charge in [-0.2, -0.15) is 0 Å². The lowest BCUT2D eigenvalue weighted by molar-refractivity contribution is 1.18. The molecule has 0 saturated heterocycles. The molecule has 24 rings (SSSR count). The van der Waals surface area contributed by atoms with Crippen molar-refractivity contribution in [3.63, 3.8) is 0 Å². The van der Waals surface area contributed by atoms with Crippen molar-refractivity contribution < 1.29 is 0 Å². The zero-order valence-corrected chi connectivity index (χ0v) is 63.4. The molecule has 0 spiro atoms. The molecule has 24 aromatic rings. The van der Waals surface area contributed by atoms with Crippen molar-refractivity contribution in [2.45, 2.75) is 0 Å². The van der Waals surface area contributed by atoms with E-state index < -0.39 is 0 Å². The lowest BCUT2D eigenvalue weighted by Crippen LogP contribution is -1.95. The number of nitrogens with zero attached hydrogens (tertiary/aromatic N) is 4. The summed E-state index contributed by atoms with van der Waals surface area (Å²) >= 11 is 0. The fourth-order valence-electron chi connectivity index (χ4n) is 19.1. The highest BCUT2D eigenvalue weighted by Crippen LogP contribution is 2.50. The number of rotatable bonds is 10. The van der Waals surface area contributed by atoms with E-state index in [9.17, 15) is 0 Å². The number of hydrogen-bond acceptors (Lipinski definition) is 0. The highest BCUT2D eigenvalue weighted by atomic mass is 15.0. The first-order valence-corrected chi connectivity index (χ1v) is 40.0. The van der Waals surface area contributed by atoms with E-state index in [1.165, 1.54) is 208 Å². The van der Waals surface area contributed by atoms with Crippen molar-refractivity contribution in [2.75, 3.05) is 0 Å². The van der Waals surface area contributed by atoms with Gasteiger partial charge in [0.15, 0.2) is 0 Å². The topological polar surface area (TPSA) is 19.7 Å². The van der Waals surface area contributed by atoms with Gasteiger partial charge in [0, 0.05) is 65.8 Å². The summed E-state index contributed by atoms with van der Waals surface area (Å²) in [6, 6.07) is 160. The second kappa shape index (κ2) is 27.2. The molecule has 4 heterocycles. The molecule has 0 N–H and O–H groups in total. The van der Waals surface area contributed by atoms with E-state index >= 15 is 0 Å². The summed E-state index contributed by atoms with van der Waals surface area (Å²) in [4.78, 5) is 0. The van der Waals surface area contributed by atoms with Gasteiger partial charge in [-0.1, -0.05) is 309 Å². The van der Waals surface area contributed by atoms with Crippen molar-refractivity contribution in [3.8, 4) is 89.5 Å². The van der Waals surface area contributed by atoms with Crippen LogP contribution in [0.5, 0.6) is 0 Å². The molecule has 0 atom stereocenters. The zero-order chi connectivity index (χ0) is 76.3. The average Bonchev–Trinajstić information content (AvgIpc) is 1.07. The van der Waals surface area contributed by atoms with Gasteiger partial charge in [-0.3, -0.25) is 0 Å². The van der Waals surface area contributed by atoms with Crippen LogP contribution < -0.4 is 0 Å². The first kappa shape index (κ1) is 66.4. The van der Waals surface area contributed by atoms with E-state index in [1.54, 1.807) is 0 Å². The van der Waals surface area contributed by atoms with Crippen LogP contribution in [0, 0.1) is 0 Å². The van der Waals surface area contributed by atoms with Crippen LogP contribution in [0.3, 0.4) is 0 Å². The van der Waals surface area contributed by atoms with Gasteiger partial charge in [0.25, 0.3) is 0 Å². The molecular formula is C112H72N4. The summed E-state index contributed by atoms with van der Waals surface area (Å²) < 4.78 is 9.58. The Morgan fingerprint density at radius 2 is 0.302 bits per heavy atom. The Hall–Kier alpha value is -15.4. The third-order valence-corrected chi connectivity index (χ3v) is 24.2. The highest BCUT2D eigenvalue weighted by Gasteiger charge is 2.25. The monoisotopic (exact) mass is 1470 g/mol. The Morgan fingerprint density at radius 1 is 0.103 bits per heavy atom. The molecule has 4 aromatic heterocycles. The normalized spacial score (nSPS) is 11.8. The molecule has 4 nitrogen and oxygen atoms in total. The Kier molecular flexibility index (Phi) is 15.6. The van der Waals surface area contributed by atoms with Crippen molar-refractivity contribution in [2.24, 2.45) is 0 Å². The van der Waals surface area contributed by atoms with E-state index in [1.807, 2.05) is 0 Å². The third kappa shape index (κ3) is 10.7. The van der Waals surface area contributed by atoms with Crippen molar-refractivity contribution >= 4 is 130 Å². The van der Waals surface area contributed by atoms with Gasteiger partial charge in [-0.05, 0) is 237 Å². The molecule has 0 aliphatic heterocycles. The molecule has 4 heteroatoms. The van der Waals surface area contributed by atoms with Crippen LogP contribution in [0.1, 0.15) is 0 Å². The molecular weight excluding hydrogens is 1400 g/mol. The number of benzene rings is 20. The maximum absolute atomic E-state index is 2.43. The van der Waals surface area contributed by atoms with Crippen LogP contribution in [0.15, 0.2) is 437 Å². The standard InChI is InChI=1S/2C56H36N2/c1-4-16-37(17-5-1)38-28-31-47-50(34-38)56(40-30-33-54-49(36-40)44-23-13-15-27-52(44)58(54)42-20-8-3-9-21-42)46-25-11-10-24-45(46)55(47)39-29-32-53-48(35-39)43-22-12-14-26-51(43)57(53)41-18-6-2-7-19-41;1-3-15-37(16-4-1)39-29-33-48-50(35-39)55(38-27-31-42(32-28-38)58-51-24-12-9-19-43(51)44-20-10-13-25-52(44)58)46-22-7-8-23-47(46)56(48)40-30-34-54-49(36-40)45-21-11-14-26-53(45)57(54)41-17-5-2-6-18-41/h2*1-36H. The van der Waals surface area contributed by atoms with Gasteiger partial charge in [-0.15, -0.1) is 0 Å². The van der Waals surface area contributed by atoms with Crippen molar-refractivity contribution in [1.29, 1.82) is 0 Å². The highest BCUT2D eigenvalue weighted by molar-refractivity contribution is 6.26. The summed E-state index contributed by atoms with van der Waals surface area (Å²) in [7, 11) is 0. The van der Waals surface area contributed by atoms with E-state index in [2.05, 4.69) is 455 Å². The number of hydrogen-bond donors (Lipinski definition) is 0. The molecule has 0 amide bonds. The summed E-state index contributed by atoms with van der Waals surface area (Å²) in [6.07, 6.45) is 0. The van der Waals surface area contributed by atoms with Crippen LogP contribution in [-0.2, 0) is 0 Å². The summed E-state index contributed by atoms with van der Waals surface area (Å²) in [5.41, 5.74) is 29.0. The molecule has 540 valence electrons. The van der Waals surface area contributed by atoms with Gasteiger partial charge in [0.1, 0.15) is 0 Å². The molecule has 116 heavy (non-hydrogen) atoms. The summed E-state index contributed by atoms with van der Waals surface area (Å²) in [6.45, 7) is 0. The minimum atomic E-state index is 1.15. The maximum Gasteiger partial charge on any atom is 0.0541 e. The SMILES string of the molecule is c1ccc(-c2ccc3c(-c4ccc5c(c4)c4ccccc4n5-c4ccccc4)c4ccccc4c(-c4ccc(-n5c6ccccc6c6ccccc65)cc4)c3c2)cc1.c1ccc(-c2ccc3c(-c4ccc5c(c4)c4ccccc4n5-c4ccccc4)c4ccccc4c(-c4ccc5c(c4)c4ccccc4n5-c4ccccc4)c3c2)cc1. The zero-order valence-electron chi connectivity index (χ0n) is 63.4. The molecule has 0 radical (unpaired) electrons. The van der Waals surface area contributed by atoms with Crippen LogP contribution in [0.4, 0.5) is 0 Å². The number of aromatic nitrogens is 4. The molecule has 0 unspecified atom stereocenters. The van der Waals surface area contributed by atoms with Gasteiger partial charge < -0.3 is 18.3 Å². The predicted molar refractivity (Wildman–Crippen MR) is 493 cm³/mol. The molecule has 0 bridgehead atoms. The Morgan fingerprint density at radius 3 is 0.612 bits per heavy atom. The van der Waals surface area contributed by atoms with Gasteiger partial charge >= 0.3 is 0 Å². The van der Waals surface area contributed by atoms with Crippen LogP contribution >= 0.6 is 0 Å². The number of para-hydroxylation sites is 8. The molecule has 0 saturated carbocycles. The quantitative estimate of drug-likeness (QED) is 0.122. The van der Waals surface area contributed by atoms with E-state index in [0.29, 0.717) is 0 Å². The summed E-state index contributed by atoms with van der Waals surface area (Å²) in [5.74, 6) is 0.